The maximum Gasteiger partial charge on any atom is 0.270 e. The van der Waals surface area contributed by atoms with Crippen LogP contribution in [0.5, 0.6) is 5.75 Å². The third-order valence-electron chi connectivity index (χ3n) is 4.14. The molecule has 2 heterocycles. The van der Waals surface area contributed by atoms with Crippen molar-refractivity contribution >= 4 is 16.8 Å². The molecule has 0 saturated carbocycles. The lowest BCUT2D eigenvalue weighted by Crippen LogP contribution is -2.58. The highest BCUT2D eigenvalue weighted by Gasteiger charge is 2.40. The molecule has 1 N–H and O–H groups in total. The zero-order chi connectivity index (χ0) is 17.7. The van der Waals surface area contributed by atoms with Gasteiger partial charge < -0.3 is 19.4 Å². The van der Waals surface area contributed by atoms with Crippen molar-refractivity contribution in [2.75, 3.05) is 20.2 Å². The first kappa shape index (κ1) is 16.8. The van der Waals surface area contributed by atoms with Gasteiger partial charge in [-0.1, -0.05) is 0 Å². The summed E-state index contributed by atoms with van der Waals surface area (Å²) in [4.78, 5) is 17.6. The van der Waals surface area contributed by atoms with Gasteiger partial charge in [-0.25, -0.2) is 4.39 Å². The molecule has 6 heteroatoms. The minimum Gasteiger partial charge on any atom is -0.496 e. The van der Waals surface area contributed by atoms with Gasteiger partial charge in [0.2, 0.25) is 0 Å². The Balaban J connectivity index is 1.98. The molecule has 0 unspecified atom stereocenters. The van der Waals surface area contributed by atoms with Gasteiger partial charge in [-0.15, -0.1) is 0 Å². The third kappa shape index (κ3) is 2.98. The molecule has 1 aliphatic rings. The lowest BCUT2D eigenvalue weighted by atomic mass is 9.98. The molecule has 1 aliphatic heterocycles. The number of ether oxygens (including phenoxy) is 2. The van der Waals surface area contributed by atoms with E-state index in [1.165, 1.54) is 13.2 Å². The number of H-pyrrole nitrogens is 1. The van der Waals surface area contributed by atoms with Gasteiger partial charge in [-0.3, -0.25) is 4.79 Å². The Morgan fingerprint density at radius 1 is 1.25 bits per heavy atom. The number of nitrogens with one attached hydrogen (secondary N) is 1. The smallest absolute Gasteiger partial charge is 0.270 e. The van der Waals surface area contributed by atoms with Crippen molar-refractivity contribution < 1.29 is 18.7 Å². The van der Waals surface area contributed by atoms with Crippen molar-refractivity contribution in [1.82, 2.24) is 9.88 Å². The second-order valence-electron chi connectivity index (χ2n) is 7.50. The quantitative estimate of drug-likeness (QED) is 0.916. The molecule has 0 atom stereocenters. The average molecular weight is 334 g/mol. The van der Waals surface area contributed by atoms with E-state index in [1.807, 2.05) is 27.7 Å². The first-order valence-electron chi connectivity index (χ1n) is 7.96. The molecule has 1 saturated heterocycles. The van der Waals surface area contributed by atoms with Crippen LogP contribution in [0.2, 0.25) is 0 Å². The molecule has 3 rings (SSSR count). The molecule has 1 aromatic carbocycles. The van der Waals surface area contributed by atoms with Gasteiger partial charge in [0.25, 0.3) is 5.91 Å². The van der Waals surface area contributed by atoms with E-state index in [0.29, 0.717) is 29.9 Å². The molecule has 2 aromatic rings. The predicted octanol–water partition coefficient (Wildman–Crippen LogP) is 3.35. The monoisotopic (exact) mass is 334 g/mol. The number of fused-ring (bicyclic) bond motifs is 1. The van der Waals surface area contributed by atoms with E-state index in [1.54, 1.807) is 17.0 Å². The third-order valence-corrected chi connectivity index (χ3v) is 4.14. The summed E-state index contributed by atoms with van der Waals surface area (Å²) in [6, 6.07) is 4.53. The fourth-order valence-corrected chi connectivity index (χ4v) is 3.55. The molecule has 0 bridgehead atoms. The van der Waals surface area contributed by atoms with E-state index in [2.05, 4.69) is 4.98 Å². The molecule has 1 aromatic heterocycles. The minimum atomic E-state index is -0.438. The van der Waals surface area contributed by atoms with Crippen LogP contribution in [0.1, 0.15) is 38.2 Å². The Morgan fingerprint density at radius 2 is 1.88 bits per heavy atom. The number of halogens is 1. The molecular formula is C18H23FN2O3. The normalized spacial score (nSPS) is 19.5. The maximum atomic E-state index is 14.0. The molecule has 1 amide bonds. The van der Waals surface area contributed by atoms with Crippen LogP contribution in [0.3, 0.4) is 0 Å². The van der Waals surface area contributed by atoms with E-state index in [0.717, 1.165) is 0 Å². The number of aromatic nitrogens is 1. The fourth-order valence-electron chi connectivity index (χ4n) is 3.55. The standard InChI is InChI=1S/C18H23FN2O3/c1-17(2)9-21(10-18(3,4)24-17)16(22)13-8-11-14(23-5)7-6-12(19)15(11)20-13/h6-8,20H,9-10H2,1-5H3. The minimum absolute atomic E-state index is 0.169. The van der Waals surface area contributed by atoms with E-state index in [-0.39, 0.29) is 11.4 Å². The summed E-state index contributed by atoms with van der Waals surface area (Å²) in [5.41, 5.74) is -0.245. The van der Waals surface area contributed by atoms with Crippen molar-refractivity contribution in [2.45, 2.75) is 38.9 Å². The number of morpholine rings is 1. The Labute approximate surface area is 140 Å². The Kier molecular flexibility index (Phi) is 3.83. The van der Waals surface area contributed by atoms with Crippen LogP contribution in [-0.4, -0.2) is 47.2 Å². The van der Waals surface area contributed by atoms with Crippen LogP contribution in [-0.2, 0) is 4.74 Å². The molecular weight excluding hydrogens is 311 g/mol. The van der Waals surface area contributed by atoms with Crippen molar-refractivity contribution in [3.63, 3.8) is 0 Å². The van der Waals surface area contributed by atoms with Gasteiger partial charge in [0.05, 0.1) is 23.8 Å². The summed E-state index contributed by atoms with van der Waals surface area (Å²) in [7, 11) is 1.52. The number of rotatable bonds is 2. The number of hydrogen-bond donors (Lipinski definition) is 1. The van der Waals surface area contributed by atoms with E-state index in [4.69, 9.17) is 9.47 Å². The average Bonchev–Trinajstić information content (AvgIpc) is 2.89. The van der Waals surface area contributed by atoms with Gasteiger partial charge >= 0.3 is 0 Å². The van der Waals surface area contributed by atoms with Crippen LogP contribution in [0.4, 0.5) is 4.39 Å². The lowest BCUT2D eigenvalue weighted by molar-refractivity contribution is -0.171. The fraction of sp³-hybridized carbons (Fsp3) is 0.500. The van der Waals surface area contributed by atoms with Crippen molar-refractivity contribution in [1.29, 1.82) is 0 Å². The number of methoxy groups -OCH3 is 1. The molecule has 130 valence electrons. The molecule has 0 spiro atoms. The largest absolute Gasteiger partial charge is 0.496 e. The van der Waals surface area contributed by atoms with Crippen LogP contribution < -0.4 is 4.74 Å². The zero-order valence-electron chi connectivity index (χ0n) is 14.7. The van der Waals surface area contributed by atoms with Gasteiger partial charge in [0.1, 0.15) is 17.3 Å². The second kappa shape index (κ2) is 5.48. The maximum absolute atomic E-state index is 14.0. The number of nitrogens with zero attached hydrogens (tertiary/aromatic N) is 1. The highest BCUT2D eigenvalue weighted by Crippen LogP contribution is 2.31. The molecule has 0 radical (unpaired) electrons. The van der Waals surface area contributed by atoms with Crippen LogP contribution in [0.15, 0.2) is 18.2 Å². The molecule has 5 nitrogen and oxygen atoms in total. The molecule has 1 fully saturated rings. The number of carbonyl (C=O) groups excluding carboxylic acids is 1. The Morgan fingerprint density at radius 3 is 2.46 bits per heavy atom. The number of aromatic amines is 1. The van der Waals surface area contributed by atoms with Crippen molar-refractivity contribution in [2.24, 2.45) is 0 Å². The van der Waals surface area contributed by atoms with E-state index >= 15 is 0 Å². The summed E-state index contributed by atoms with van der Waals surface area (Å²) in [5.74, 6) is -0.0473. The number of carbonyl (C=O) groups is 1. The van der Waals surface area contributed by atoms with Gasteiger partial charge in [0, 0.05) is 18.5 Å². The summed E-state index contributed by atoms with van der Waals surface area (Å²) < 4.78 is 25.3. The van der Waals surface area contributed by atoms with Crippen molar-refractivity contribution in [3.8, 4) is 5.75 Å². The zero-order valence-corrected chi connectivity index (χ0v) is 14.7. The highest BCUT2D eigenvalue weighted by atomic mass is 19.1. The van der Waals surface area contributed by atoms with E-state index < -0.39 is 17.0 Å². The first-order chi connectivity index (χ1) is 11.1. The summed E-state index contributed by atoms with van der Waals surface area (Å²) >= 11 is 0. The first-order valence-corrected chi connectivity index (χ1v) is 7.96. The lowest BCUT2D eigenvalue weighted by Gasteiger charge is -2.47. The highest BCUT2D eigenvalue weighted by molar-refractivity contribution is 6.00. The predicted molar refractivity (Wildman–Crippen MR) is 90.0 cm³/mol. The second-order valence-corrected chi connectivity index (χ2v) is 7.50. The number of amides is 1. The summed E-state index contributed by atoms with van der Waals surface area (Å²) in [6.07, 6.45) is 0. The molecule has 0 aliphatic carbocycles. The van der Waals surface area contributed by atoms with Crippen LogP contribution in [0, 0.1) is 5.82 Å². The molecule has 24 heavy (non-hydrogen) atoms. The Bertz CT molecular complexity index is 779. The van der Waals surface area contributed by atoms with Crippen molar-refractivity contribution in [3.05, 3.63) is 29.7 Å². The Hall–Kier alpha value is -2.08. The number of benzene rings is 1. The van der Waals surface area contributed by atoms with Crippen LogP contribution >= 0.6 is 0 Å². The summed E-state index contributed by atoms with van der Waals surface area (Å²) in [5, 5.41) is 0.563. The van der Waals surface area contributed by atoms with Gasteiger partial charge in [-0.2, -0.15) is 0 Å². The van der Waals surface area contributed by atoms with Crippen LogP contribution in [0.25, 0.3) is 10.9 Å². The SMILES string of the molecule is COc1ccc(F)c2[nH]c(C(=O)N3CC(C)(C)OC(C)(C)C3)cc12. The number of hydrogen-bond acceptors (Lipinski definition) is 3. The summed E-state index contributed by atoms with van der Waals surface area (Å²) in [6.45, 7) is 8.79. The van der Waals surface area contributed by atoms with Gasteiger partial charge in [0.15, 0.2) is 0 Å². The van der Waals surface area contributed by atoms with Gasteiger partial charge in [-0.05, 0) is 45.9 Å². The van der Waals surface area contributed by atoms with E-state index in [9.17, 15) is 9.18 Å². The topological polar surface area (TPSA) is 54.6 Å².